The molecule has 1 fully saturated rings. The lowest BCUT2D eigenvalue weighted by Crippen LogP contribution is -2.30. The van der Waals surface area contributed by atoms with Crippen molar-refractivity contribution in [2.75, 3.05) is 26.2 Å². The SMILES string of the molecule is COc1ccc(C2/C(=C(/O)c3ccc(OC)cc3OC)C(=O)C(=O)N2c2ccccc2C)cc1. The molecule has 1 N–H and O–H groups in total. The van der Waals surface area contributed by atoms with Gasteiger partial charge in [0.2, 0.25) is 0 Å². The molecule has 7 nitrogen and oxygen atoms in total. The molecule has 7 heteroatoms. The molecule has 0 aromatic heterocycles. The van der Waals surface area contributed by atoms with E-state index in [1.807, 2.05) is 19.1 Å². The number of aryl methyl sites for hydroxylation is 1. The average molecular weight is 459 g/mol. The fourth-order valence-electron chi connectivity index (χ4n) is 4.16. The van der Waals surface area contributed by atoms with Gasteiger partial charge in [0.05, 0.1) is 38.5 Å². The summed E-state index contributed by atoms with van der Waals surface area (Å²) in [7, 11) is 4.54. The highest BCUT2D eigenvalue weighted by Crippen LogP contribution is 2.44. The first-order valence-electron chi connectivity index (χ1n) is 10.6. The zero-order valence-electron chi connectivity index (χ0n) is 19.4. The molecule has 1 atom stereocenters. The molecule has 3 aromatic carbocycles. The van der Waals surface area contributed by atoms with E-state index in [1.165, 1.54) is 19.1 Å². The lowest BCUT2D eigenvalue weighted by molar-refractivity contribution is -0.132. The van der Waals surface area contributed by atoms with E-state index < -0.39 is 17.7 Å². The Morgan fingerprint density at radius 3 is 2.12 bits per heavy atom. The van der Waals surface area contributed by atoms with Crippen molar-refractivity contribution < 1.29 is 28.9 Å². The maximum Gasteiger partial charge on any atom is 0.300 e. The maximum absolute atomic E-state index is 13.3. The Hall–Kier alpha value is -4.26. The van der Waals surface area contributed by atoms with Crippen LogP contribution < -0.4 is 19.1 Å². The third kappa shape index (κ3) is 3.85. The van der Waals surface area contributed by atoms with E-state index in [1.54, 1.807) is 61.7 Å². The molecule has 174 valence electrons. The normalized spacial score (nSPS) is 17.1. The molecule has 1 saturated heterocycles. The Kier molecular flexibility index (Phi) is 6.27. The molecule has 34 heavy (non-hydrogen) atoms. The Bertz CT molecular complexity index is 1280. The summed E-state index contributed by atoms with van der Waals surface area (Å²) in [6.45, 7) is 1.87. The number of amides is 1. The van der Waals surface area contributed by atoms with Crippen molar-refractivity contribution in [3.8, 4) is 17.2 Å². The van der Waals surface area contributed by atoms with Gasteiger partial charge in [-0.15, -0.1) is 0 Å². The van der Waals surface area contributed by atoms with Crippen LogP contribution in [0.4, 0.5) is 5.69 Å². The highest BCUT2D eigenvalue weighted by Gasteiger charge is 2.47. The van der Waals surface area contributed by atoms with Gasteiger partial charge in [0, 0.05) is 11.8 Å². The van der Waals surface area contributed by atoms with E-state index in [2.05, 4.69) is 0 Å². The van der Waals surface area contributed by atoms with Gasteiger partial charge in [-0.05, 0) is 48.4 Å². The van der Waals surface area contributed by atoms with Crippen molar-refractivity contribution in [1.82, 2.24) is 0 Å². The summed E-state index contributed by atoms with van der Waals surface area (Å²) in [6.07, 6.45) is 0. The highest BCUT2D eigenvalue weighted by molar-refractivity contribution is 6.51. The number of anilines is 1. The van der Waals surface area contributed by atoms with Crippen molar-refractivity contribution >= 4 is 23.1 Å². The number of aliphatic hydroxyl groups excluding tert-OH is 1. The molecule has 1 aliphatic heterocycles. The first kappa shape index (κ1) is 22.9. The van der Waals surface area contributed by atoms with Gasteiger partial charge < -0.3 is 19.3 Å². The van der Waals surface area contributed by atoms with Crippen LogP contribution in [0.1, 0.15) is 22.7 Å². The summed E-state index contributed by atoms with van der Waals surface area (Å²) in [5.41, 5.74) is 2.32. The summed E-state index contributed by atoms with van der Waals surface area (Å²) in [6, 6.07) is 18.4. The van der Waals surface area contributed by atoms with Crippen LogP contribution in [0.15, 0.2) is 72.3 Å². The van der Waals surface area contributed by atoms with Gasteiger partial charge in [-0.1, -0.05) is 30.3 Å². The third-order valence-electron chi connectivity index (χ3n) is 5.91. The number of benzene rings is 3. The molecule has 0 saturated carbocycles. The van der Waals surface area contributed by atoms with Crippen molar-refractivity contribution in [2.45, 2.75) is 13.0 Å². The van der Waals surface area contributed by atoms with Crippen LogP contribution >= 0.6 is 0 Å². The molecule has 0 radical (unpaired) electrons. The second-order valence-electron chi connectivity index (χ2n) is 7.79. The van der Waals surface area contributed by atoms with Crippen molar-refractivity contribution in [3.05, 3.63) is 89.0 Å². The zero-order valence-corrected chi connectivity index (χ0v) is 19.4. The fraction of sp³-hybridized carbons (Fsp3) is 0.185. The molecular weight excluding hydrogens is 434 g/mol. The molecule has 1 aliphatic rings. The van der Waals surface area contributed by atoms with E-state index in [-0.39, 0.29) is 16.9 Å². The summed E-state index contributed by atoms with van der Waals surface area (Å²) in [5.74, 6) is -0.348. The summed E-state index contributed by atoms with van der Waals surface area (Å²) in [5, 5.41) is 11.4. The van der Waals surface area contributed by atoms with Crippen LogP contribution in [0.2, 0.25) is 0 Å². The molecule has 1 unspecified atom stereocenters. The monoisotopic (exact) mass is 459 g/mol. The van der Waals surface area contributed by atoms with Gasteiger partial charge in [-0.25, -0.2) is 0 Å². The fourth-order valence-corrected chi connectivity index (χ4v) is 4.16. The topological polar surface area (TPSA) is 85.3 Å². The number of ketones is 1. The Labute approximate surface area is 197 Å². The lowest BCUT2D eigenvalue weighted by atomic mass is 9.94. The number of nitrogens with zero attached hydrogens (tertiary/aromatic N) is 1. The zero-order chi connectivity index (χ0) is 24.4. The minimum Gasteiger partial charge on any atom is -0.507 e. The van der Waals surface area contributed by atoms with Gasteiger partial charge >= 0.3 is 0 Å². The van der Waals surface area contributed by atoms with Gasteiger partial charge in [-0.2, -0.15) is 0 Å². The molecule has 0 spiro atoms. The van der Waals surface area contributed by atoms with Crippen LogP contribution in [0.3, 0.4) is 0 Å². The summed E-state index contributed by atoms with van der Waals surface area (Å²) >= 11 is 0. The number of ether oxygens (including phenoxy) is 3. The van der Waals surface area contributed by atoms with Gasteiger partial charge in [0.15, 0.2) is 0 Å². The molecule has 4 rings (SSSR count). The van der Waals surface area contributed by atoms with Gasteiger partial charge in [0.25, 0.3) is 11.7 Å². The van der Waals surface area contributed by atoms with E-state index in [0.717, 1.165) is 5.56 Å². The standard InChI is InChI=1S/C27H25NO6/c1-16-7-5-6-8-21(16)28-24(17-9-11-18(32-2)12-10-17)23(26(30)27(28)31)25(29)20-14-13-19(33-3)15-22(20)34-4/h5-15,24,29H,1-4H3/b25-23-. The van der Waals surface area contributed by atoms with E-state index in [9.17, 15) is 14.7 Å². The number of hydrogen-bond donors (Lipinski definition) is 1. The molecule has 1 amide bonds. The van der Waals surface area contributed by atoms with Crippen LogP contribution in [-0.2, 0) is 9.59 Å². The molecule has 0 aliphatic carbocycles. The Morgan fingerprint density at radius 1 is 0.853 bits per heavy atom. The number of aliphatic hydroxyl groups is 1. The molecule has 1 heterocycles. The van der Waals surface area contributed by atoms with Crippen LogP contribution in [-0.4, -0.2) is 38.1 Å². The summed E-state index contributed by atoms with van der Waals surface area (Å²) in [4.78, 5) is 28.1. The Morgan fingerprint density at radius 2 is 1.50 bits per heavy atom. The second-order valence-corrected chi connectivity index (χ2v) is 7.79. The lowest BCUT2D eigenvalue weighted by Gasteiger charge is -2.27. The Balaban J connectivity index is 1.97. The third-order valence-corrected chi connectivity index (χ3v) is 5.91. The highest BCUT2D eigenvalue weighted by atomic mass is 16.5. The summed E-state index contributed by atoms with van der Waals surface area (Å²) < 4.78 is 15.9. The predicted molar refractivity (Wildman–Crippen MR) is 129 cm³/mol. The van der Waals surface area contributed by atoms with E-state index in [4.69, 9.17) is 14.2 Å². The number of methoxy groups -OCH3 is 3. The first-order chi connectivity index (χ1) is 16.4. The van der Waals surface area contributed by atoms with Gasteiger partial charge in [0.1, 0.15) is 23.0 Å². The number of rotatable bonds is 6. The van der Waals surface area contributed by atoms with Crippen LogP contribution in [0, 0.1) is 6.92 Å². The second kappa shape index (κ2) is 9.31. The maximum atomic E-state index is 13.3. The van der Waals surface area contributed by atoms with Crippen LogP contribution in [0.25, 0.3) is 5.76 Å². The van der Waals surface area contributed by atoms with E-state index >= 15 is 0 Å². The number of hydrogen-bond acceptors (Lipinski definition) is 6. The quantitative estimate of drug-likeness (QED) is 0.328. The predicted octanol–water partition coefficient (Wildman–Crippen LogP) is 4.65. The largest absolute Gasteiger partial charge is 0.507 e. The number of carbonyl (C=O) groups is 2. The molecular formula is C27H25NO6. The van der Waals surface area contributed by atoms with Crippen molar-refractivity contribution in [2.24, 2.45) is 0 Å². The van der Waals surface area contributed by atoms with Gasteiger partial charge in [-0.3, -0.25) is 14.5 Å². The number of para-hydroxylation sites is 1. The number of Topliss-reactive ketones (excluding diaryl/α,β-unsaturated/α-hetero) is 1. The first-order valence-corrected chi connectivity index (χ1v) is 10.6. The number of carbonyl (C=O) groups excluding carboxylic acids is 2. The minimum absolute atomic E-state index is 0.0260. The smallest absolute Gasteiger partial charge is 0.300 e. The molecule has 3 aromatic rings. The van der Waals surface area contributed by atoms with E-state index in [0.29, 0.717) is 28.5 Å². The van der Waals surface area contributed by atoms with Crippen molar-refractivity contribution in [1.29, 1.82) is 0 Å². The average Bonchev–Trinajstić information content (AvgIpc) is 3.13. The van der Waals surface area contributed by atoms with Crippen molar-refractivity contribution in [3.63, 3.8) is 0 Å². The van der Waals surface area contributed by atoms with Crippen LogP contribution in [0.5, 0.6) is 17.2 Å². The minimum atomic E-state index is -0.848. The molecule has 0 bridgehead atoms.